The Hall–Kier alpha value is -1.35. The van der Waals surface area contributed by atoms with Gasteiger partial charge in [-0.05, 0) is 32.4 Å². The van der Waals surface area contributed by atoms with E-state index in [2.05, 4.69) is 11.9 Å². The second-order valence-electron chi connectivity index (χ2n) is 4.15. The molecule has 1 rings (SSSR count). The molecule has 1 heterocycles. The molecule has 0 aliphatic rings. The topological polar surface area (TPSA) is 48.1 Å². The number of ether oxygens (including phenoxy) is 1. The summed E-state index contributed by atoms with van der Waals surface area (Å²) < 4.78 is 5.67. The van der Waals surface area contributed by atoms with Crippen molar-refractivity contribution in [3.63, 3.8) is 0 Å². The van der Waals surface area contributed by atoms with E-state index in [0.29, 0.717) is 6.61 Å². The Bertz CT molecular complexity index is 374. The predicted octanol–water partition coefficient (Wildman–Crippen LogP) is 2.62. The molecule has 3 heteroatoms. The van der Waals surface area contributed by atoms with Gasteiger partial charge in [-0.25, -0.2) is 0 Å². The summed E-state index contributed by atoms with van der Waals surface area (Å²) in [6, 6.07) is 4.09. The summed E-state index contributed by atoms with van der Waals surface area (Å²) in [6.45, 7) is 6.62. The van der Waals surface area contributed by atoms with E-state index in [0.717, 1.165) is 30.0 Å². The lowest BCUT2D eigenvalue weighted by Crippen LogP contribution is -2.22. The Morgan fingerprint density at radius 1 is 1.47 bits per heavy atom. The maximum absolute atomic E-state index is 5.97. The van der Waals surface area contributed by atoms with Gasteiger partial charge in [-0.15, -0.1) is 0 Å². The summed E-state index contributed by atoms with van der Waals surface area (Å²) in [5, 5.41) is 0. The Balaban J connectivity index is 2.79. The van der Waals surface area contributed by atoms with Crippen LogP contribution in [0.1, 0.15) is 31.7 Å². The molecule has 0 radical (unpaired) electrons. The van der Waals surface area contributed by atoms with E-state index in [9.17, 15) is 0 Å². The molecule has 0 amide bonds. The molecule has 0 fully saturated rings. The maximum atomic E-state index is 5.97. The van der Waals surface area contributed by atoms with Gasteiger partial charge in [0.25, 0.3) is 0 Å². The van der Waals surface area contributed by atoms with Crippen LogP contribution in [-0.4, -0.2) is 17.6 Å². The third kappa shape index (κ3) is 4.57. The van der Waals surface area contributed by atoms with Gasteiger partial charge >= 0.3 is 0 Å². The molecule has 1 atom stereocenters. The molecule has 0 spiro atoms. The molecule has 94 valence electrons. The van der Waals surface area contributed by atoms with Crippen LogP contribution in [0.4, 0.5) is 0 Å². The molecular weight excluding hydrogens is 212 g/mol. The van der Waals surface area contributed by atoms with E-state index in [1.54, 1.807) is 0 Å². The summed E-state index contributed by atoms with van der Waals surface area (Å²) >= 11 is 0. The van der Waals surface area contributed by atoms with Crippen LogP contribution in [0.3, 0.4) is 0 Å². The van der Waals surface area contributed by atoms with Gasteiger partial charge in [-0.2, -0.15) is 0 Å². The zero-order valence-electron chi connectivity index (χ0n) is 10.9. The normalized spacial score (nSPS) is 12.9. The van der Waals surface area contributed by atoms with Gasteiger partial charge in [-0.3, -0.25) is 4.98 Å². The number of nitrogens with zero attached hydrogens (tertiary/aromatic N) is 1. The van der Waals surface area contributed by atoms with Crippen molar-refractivity contribution in [3.8, 4) is 5.75 Å². The molecule has 0 aromatic carbocycles. The largest absolute Gasteiger partial charge is 0.488 e. The zero-order valence-corrected chi connectivity index (χ0v) is 10.9. The second kappa shape index (κ2) is 7.07. The molecule has 1 aromatic rings. The Kier molecular flexibility index (Phi) is 5.70. The number of aromatic nitrogens is 1. The van der Waals surface area contributed by atoms with Crippen LogP contribution >= 0.6 is 0 Å². The van der Waals surface area contributed by atoms with Crippen LogP contribution in [0.5, 0.6) is 5.75 Å². The van der Waals surface area contributed by atoms with Crippen molar-refractivity contribution < 1.29 is 4.74 Å². The van der Waals surface area contributed by atoms with Crippen LogP contribution in [0.2, 0.25) is 0 Å². The molecule has 1 unspecified atom stereocenters. The minimum Gasteiger partial charge on any atom is -0.488 e. The van der Waals surface area contributed by atoms with Gasteiger partial charge in [-0.1, -0.05) is 19.1 Å². The summed E-state index contributed by atoms with van der Waals surface area (Å²) in [5.74, 6) is 0.845. The Morgan fingerprint density at radius 2 is 2.24 bits per heavy atom. The first-order valence-corrected chi connectivity index (χ1v) is 6.13. The fourth-order valence-corrected chi connectivity index (χ4v) is 1.50. The molecule has 0 saturated heterocycles. The van der Waals surface area contributed by atoms with Crippen LogP contribution in [0.15, 0.2) is 24.3 Å². The first-order valence-electron chi connectivity index (χ1n) is 6.13. The highest BCUT2D eigenvalue weighted by Gasteiger charge is 2.09. The minimum atomic E-state index is 0.147. The van der Waals surface area contributed by atoms with Gasteiger partial charge in [0.15, 0.2) is 0 Å². The fraction of sp³-hybridized carbons (Fsp3) is 0.500. The molecule has 0 saturated carbocycles. The standard InChI is InChI=1S/C14H22N2O/c1-4-6-9-17-14-8-7-11(3)16-13(14)10-12(15)5-2/h4,6-8,12H,5,9-10,15H2,1-3H3. The van der Waals surface area contributed by atoms with E-state index in [1.807, 2.05) is 38.1 Å². The van der Waals surface area contributed by atoms with Crippen LogP contribution < -0.4 is 10.5 Å². The number of hydrogen-bond donors (Lipinski definition) is 1. The van der Waals surface area contributed by atoms with Crippen molar-refractivity contribution in [1.29, 1.82) is 0 Å². The third-order valence-electron chi connectivity index (χ3n) is 2.62. The van der Waals surface area contributed by atoms with Gasteiger partial charge in [0.1, 0.15) is 12.4 Å². The van der Waals surface area contributed by atoms with Crippen molar-refractivity contribution in [1.82, 2.24) is 4.98 Å². The third-order valence-corrected chi connectivity index (χ3v) is 2.62. The molecule has 3 nitrogen and oxygen atoms in total. The molecule has 0 aliphatic carbocycles. The predicted molar refractivity (Wildman–Crippen MR) is 71.3 cm³/mol. The first-order chi connectivity index (χ1) is 8.17. The van der Waals surface area contributed by atoms with Crippen LogP contribution in [-0.2, 0) is 6.42 Å². The lowest BCUT2D eigenvalue weighted by Gasteiger charge is -2.13. The highest BCUT2D eigenvalue weighted by atomic mass is 16.5. The highest BCUT2D eigenvalue weighted by Crippen LogP contribution is 2.18. The van der Waals surface area contributed by atoms with Crippen molar-refractivity contribution in [2.45, 2.75) is 39.7 Å². The summed E-state index contributed by atoms with van der Waals surface area (Å²) in [4.78, 5) is 4.51. The number of pyridine rings is 1. The molecule has 2 N–H and O–H groups in total. The molecule has 1 aromatic heterocycles. The first kappa shape index (κ1) is 13.7. The number of nitrogens with two attached hydrogens (primary N) is 1. The average molecular weight is 234 g/mol. The van der Waals surface area contributed by atoms with Gasteiger partial charge in [0.05, 0.1) is 5.69 Å². The lowest BCUT2D eigenvalue weighted by atomic mass is 10.1. The number of allylic oxidation sites excluding steroid dienone is 1. The quantitative estimate of drug-likeness (QED) is 0.770. The van der Waals surface area contributed by atoms with Crippen molar-refractivity contribution in [3.05, 3.63) is 35.7 Å². The van der Waals surface area contributed by atoms with E-state index in [4.69, 9.17) is 10.5 Å². The van der Waals surface area contributed by atoms with Crippen molar-refractivity contribution in [2.75, 3.05) is 6.61 Å². The zero-order chi connectivity index (χ0) is 12.7. The second-order valence-corrected chi connectivity index (χ2v) is 4.15. The molecule has 0 aliphatic heterocycles. The molecule has 0 bridgehead atoms. The maximum Gasteiger partial charge on any atom is 0.141 e. The summed E-state index contributed by atoms with van der Waals surface area (Å²) in [6.07, 6.45) is 5.66. The Morgan fingerprint density at radius 3 is 2.88 bits per heavy atom. The van der Waals surface area contributed by atoms with E-state index in [1.165, 1.54) is 0 Å². The number of aryl methyl sites for hydroxylation is 1. The Labute approximate surface area is 104 Å². The smallest absolute Gasteiger partial charge is 0.141 e. The minimum absolute atomic E-state index is 0.147. The van der Waals surface area contributed by atoms with Crippen molar-refractivity contribution >= 4 is 0 Å². The molecular formula is C14H22N2O. The van der Waals surface area contributed by atoms with E-state index < -0.39 is 0 Å². The lowest BCUT2D eigenvalue weighted by molar-refractivity contribution is 0.354. The van der Waals surface area contributed by atoms with Gasteiger partial charge in [0, 0.05) is 18.2 Å². The fourth-order valence-electron chi connectivity index (χ4n) is 1.50. The summed E-state index contributed by atoms with van der Waals surface area (Å²) in [7, 11) is 0. The molecule has 17 heavy (non-hydrogen) atoms. The van der Waals surface area contributed by atoms with E-state index >= 15 is 0 Å². The van der Waals surface area contributed by atoms with Crippen molar-refractivity contribution in [2.24, 2.45) is 5.73 Å². The number of hydrogen-bond acceptors (Lipinski definition) is 3. The number of rotatable bonds is 6. The van der Waals surface area contributed by atoms with Crippen LogP contribution in [0, 0.1) is 6.92 Å². The van der Waals surface area contributed by atoms with Gasteiger partial charge in [0.2, 0.25) is 0 Å². The highest BCUT2D eigenvalue weighted by molar-refractivity contribution is 5.30. The van der Waals surface area contributed by atoms with Gasteiger partial charge < -0.3 is 10.5 Å². The summed E-state index contributed by atoms with van der Waals surface area (Å²) in [5.41, 5.74) is 7.93. The average Bonchev–Trinajstić information content (AvgIpc) is 2.32. The van der Waals surface area contributed by atoms with E-state index in [-0.39, 0.29) is 6.04 Å². The monoisotopic (exact) mass is 234 g/mol. The SMILES string of the molecule is CC=CCOc1ccc(C)nc1CC(N)CC. The van der Waals surface area contributed by atoms with Crippen LogP contribution in [0.25, 0.3) is 0 Å².